The Morgan fingerprint density at radius 3 is 2.77 bits per heavy atom. The van der Waals surface area contributed by atoms with Gasteiger partial charge in [0.1, 0.15) is 0 Å². The van der Waals surface area contributed by atoms with E-state index in [-0.39, 0.29) is 18.3 Å². The van der Waals surface area contributed by atoms with Crippen molar-refractivity contribution in [2.45, 2.75) is 44.0 Å². The third-order valence-corrected chi connectivity index (χ3v) is 2.41. The van der Waals surface area contributed by atoms with Crippen LogP contribution in [0.15, 0.2) is 12.7 Å². The van der Waals surface area contributed by atoms with Crippen molar-refractivity contribution in [3.8, 4) is 0 Å². The van der Waals surface area contributed by atoms with Crippen molar-refractivity contribution in [3.63, 3.8) is 0 Å². The second-order valence-corrected chi connectivity index (χ2v) is 3.61. The van der Waals surface area contributed by atoms with Crippen LogP contribution in [0.3, 0.4) is 0 Å². The second kappa shape index (κ2) is 5.37. The van der Waals surface area contributed by atoms with Crippen LogP contribution in [-0.2, 0) is 4.74 Å². The molecule has 0 amide bonds. The number of aliphatic hydroxyl groups excluding tert-OH is 1. The molecule has 0 aliphatic carbocycles. The molecule has 1 heterocycles. The minimum Gasteiger partial charge on any atom is -0.393 e. The standard InChI is InChI=1S/C10H19NO2/c1-2-3-4-9-5-8(12)6-10(7-11)13-9/h2,8-10,12H,1,3-7,11H2/t8-,9+,10+/m1/s1. The van der Waals surface area contributed by atoms with Gasteiger partial charge in [-0.15, -0.1) is 6.58 Å². The van der Waals surface area contributed by atoms with Crippen LogP contribution in [0, 0.1) is 0 Å². The number of nitrogens with two attached hydrogens (primary N) is 1. The maximum Gasteiger partial charge on any atom is 0.0725 e. The molecule has 0 aromatic rings. The molecule has 13 heavy (non-hydrogen) atoms. The molecule has 0 radical (unpaired) electrons. The predicted molar refractivity (Wildman–Crippen MR) is 52.4 cm³/mol. The first-order chi connectivity index (χ1) is 6.26. The molecular weight excluding hydrogens is 166 g/mol. The Morgan fingerprint density at radius 2 is 2.15 bits per heavy atom. The van der Waals surface area contributed by atoms with Crippen LogP contribution in [0.2, 0.25) is 0 Å². The van der Waals surface area contributed by atoms with Crippen molar-refractivity contribution in [2.75, 3.05) is 6.54 Å². The van der Waals surface area contributed by atoms with Crippen LogP contribution in [0.4, 0.5) is 0 Å². The highest BCUT2D eigenvalue weighted by Gasteiger charge is 2.26. The molecule has 0 aromatic carbocycles. The Morgan fingerprint density at radius 1 is 1.46 bits per heavy atom. The lowest BCUT2D eigenvalue weighted by molar-refractivity contribution is -0.0930. The third-order valence-electron chi connectivity index (χ3n) is 2.41. The van der Waals surface area contributed by atoms with Gasteiger partial charge < -0.3 is 15.6 Å². The van der Waals surface area contributed by atoms with E-state index in [0.717, 1.165) is 19.3 Å². The van der Waals surface area contributed by atoms with Crippen LogP contribution in [0.25, 0.3) is 0 Å². The van der Waals surface area contributed by atoms with Gasteiger partial charge in [0, 0.05) is 13.0 Å². The molecule has 0 spiro atoms. The maximum absolute atomic E-state index is 9.52. The summed E-state index contributed by atoms with van der Waals surface area (Å²) < 4.78 is 5.68. The van der Waals surface area contributed by atoms with Gasteiger partial charge in [0.25, 0.3) is 0 Å². The second-order valence-electron chi connectivity index (χ2n) is 3.61. The number of aliphatic hydroxyl groups is 1. The lowest BCUT2D eigenvalue weighted by atomic mass is 9.98. The number of ether oxygens (including phenoxy) is 1. The largest absolute Gasteiger partial charge is 0.393 e. The summed E-state index contributed by atoms with van der Waals surface area (Å²) >= 11 is 0. The predicted octanol–water partition coefficient (Wildman–Crippen LogP) is 0.820. The fourth-order valence-electron chi connectivity index (χ4n) is 1.73. The van der Waals surface area contributed by atoms with E-state index in [9.17, 15) is 5.11 Å². The van der Waals surface area contributed by atoms with E-state index in [2.05, 4.69) is 6.58 Å². The van der Waals surface area contributed by atoms with E-state index in [1.165, 1.54) is 0 Å². The Labute approximate surface area is 79.6 Å². The molecule has 1 fully saturated rings. The number of hydrogen-bond donors (Lipinski definition) is 2. The van der Waals surface area contributed by atoms with E-state index < -0.39 is 0 Å². The normalized spacial score (nSPS) is 34.5. The smallest absolute Gasteiger partial charge is 0.0725 e. The summed E-state index contributed by atoms with van der Waals surface area (Å²) in [7, 11) is 0. The first-order valence-corrected chi connectivity index (χ1v) is 4.90. The topological polar surface area (TPSA) is 55.5 Å². The van der Waals surface area contributed by atoms with Crippen LogP contribution in [0.5, 0.6) is 0 Å². The van der Waals surface area contributed by atoms with Crippen LogP contribution >= 0.6 is 0 Å². The van der Waals surface area contributed by atoms with Gasteiger partial charge in [0.15, 0.2) is 0 Å². The van der Waals surface area contributed by atoms with Gasteiger partial charge in [0.05, 0.1) is 18.3 Å². The minimum atomic E-state index is -0.239. The Bertz CT molecular complexity index is 161. The summed E-state index contributed by atoms with van der Waals surface area (Å²) in [6.45, 7) is 4.16. The third kappa shape index (κ3) is 3.46. The zero-order valence-electron chi connectivity index (χ0n) is 7.98. The van der Waals surface area contributed by atoms with Gasteiger partial charge in [0.2, 0.25) is 0 Å². The SMILES string of the molecule is C=CCC[C@H]1C[C@@H](O)C[C@@H](CN)O1. The van der Waals surface area contributed by atoms with Crippen molar-refractivity contribution >= 4 is 0 Å². The zero-order valence-corrected chi connectivity index (χ0v) is 7.98. The molecule has 0 bridgehead atoms. The van der Waals surface area contributed by atoms with E-state index in [0.29, 0.717) is 13.0 Å². The van der Waals surface area contributed by atoms with Crippen LogP contribution in [0.1, 0.15) is 25.7 Å². The molecule has 1 rings (SSSR count). The van der Waals surface area contributed by atoms with Crippen LogP contribution in [-0.4, -0.2) is 30.0 Å². The van der Waals surface area contributed by atoms with Gasteiger partial charge in [-0.2, -0.15) is 0 Å². The average molecular weight is 185 g/mol. The molecule has 1 saturated heterocycles. The lowest BCUT2D eigenvalue weighted by Gasteiger charge is -2.32. The number of rotatable bonds is 4. The number of hydrogen-bond acceptors (Lipinski definition) is 3. The summed E-state index contributed by atoms with van der Waals surface area (Å²) in [6, 6.07) is 0. The highest BCUT2D eigenvalue weighted by molar-refractivity contribution is 4.79. The molecule has 1 aliphatic rings. The fraction of sp³-hybridized carbons (Fsp3) is 0.800. The van der Waals surface area contributed by atoms with E-state index in [4.69, 9.17) is 10.5 Å². The average Bonchev–Trinajstić information content (AvgIpc) is 2.14. The first-order valence-electron chi connectivity index (χ1n) is 4.90. The Hall–Kier alpha value is -0.380. The van der Waals surface area contributed by atoms with Crippen molar-refractivity contribution < 1.29 is 9.84 Å². The summed E-state index contributed by atoms with van der Waals surface area (Å²) in [5.41, 5.74) is 5.50. The molecule has 1 aliphatic heterocycles. The highest BCUT2D eigenvalue weighted by atomic mass is 16.5. The van der Waals surface area contributed by atoms with E-state index in [1.54, 1.807) is 0 Å². The summed E-state index contributed by atoms with van der Waals surface area (Å²) in [6.07, 6.45) is 5.14. The highest BCUT2D eigenvalue weighted by Crippen LogP contribution is 2.22. The van der Waals surface area contributed by atoms with Crippen molar-refractivity contribution in [3.05, 3.63) is 12.7 Å². The molecule has 3 atom stereocenters. The molecular formula is C10H19NO2. The summed E-state index contributed by atoms with van der Waals surface area (Å²) in [5.74, 6) is 0. The van der Waals surface area contributed by atoms with Crippen molar-refractivity contribution in [1.82, 2.24) is 0 Å². The van der Waals surface area contributed by atoms with E-state index >= 15 is 0 Å². The molecule has 76 valence electrons. The van der Waals surface area contributed by atoms with Crippen molar-refractivity contribution in [1.29, 1.82) is 0 Å². The van der Waals surface area contributed by atoms with Gasteiger partial charge in [-0.3, -0.25) is 0 Å². The minimum absolute atomic E-state index is 0.0403. The molecule has 3 nitrogen and oxygen atoms in total. The summed E-state index contributed by atoms with van der Waals surface area (Å²) in [5, 5.41) is 9.52. The fourth-order valence-corrected chi connectivity index (χ4v) is 1.73. The summed E-state index contributed by atoms with van der Waals surface area (Å²) in [4.78, 5) is 0. The van der Waals surface area contributed by atoms with Gasteiger partial charge in [-0.25, -0.2) is 0 Å². The Balaban J connectivity index is 2.33. The van der Waals surface area contributed by atoms with Crippen molar-refractivity contribution in [2.24, 2.45) is 5.73 Å². The zero-order chi connectivity index (χ0) is 9.68. The molecule has 3 heteroatoms. The number of allylic oxidation sites excluding steroid dienone is 1. The maximum atomic E-state index is 9.52. The van der Waals surface area contributed by atoms with Crippen LogP contribution < -0.4 is 5.73 Å². The monoisotopic (exact) mass is 185 g/mol. The van der Waals surface area contributed by atoms with E-state index in [1.807, 2.05) is 6.08 Å². The lowest BCUT2D eigenvalue weighted by Crippen LogP contribution is -2.39. The Kier molecular flexibility index (Phi) is 4.42. The molecule has 0 saturated carbocycles. The first kappa shape index (κ1) is 10.7. The molecule has 3 N–H and O–H groups in total. The van der Waals surface area contributed by atoms with Gasteiger partial charge in [-0.05, 0) is 19.3 Å². The quantitative estimate of drug-likeness (QED) is 0.637. The van der Waals surface area contributed by atoms with Gasteiger partial charge >= 0.3 is 0 Å². The molecule has 0 unspecified atom stereocenters. The molecule has 0 aromatic heterocycles. The van der Waals surface area contributed by atoms with Gasteiger partial charge in [-0.1, -0.05) is 6.08 Å².